The lowest BCUT2D eigenvalue weighted by atomic mass is 10.1. The molecule has 0 aromatic heterocycles. The van der Waals surface area contributed by atoms with Crippen LogP contribution in [0.3, 0.4) is 0 Å². The summed E-state index contributed by atoms with van der Waals surface area (Å²) in [5, 5.41) is 0. The molecule has 1 aromatic carbocycles. The molecule has 0 unspecified atom stereocenters. The van der Waals surface area contributed by atoms with Crippen molar-refractivity contribution in [3.8, 4) is 0 Å². The van der Waals surface area contributed by atoms with Crippen LogP contribution < -0.4 is 0 Å². The second-order valence-electron chi connectivity index (χ2n) is 5.01. The molecule has 3 nitrogen and oxygen atoms in total. The summed E-state index contributed by atoms with van der Waals surface area (Å²) in [5.74, 6) is 0.280. The van der Waals surface area contributed by atoms with E-state index < -0.39 is 0 Å². The first-order valence-electron chi connectivity index (χ1n) is 6.76. The highest BCUT2D eigenvalue weighted by molar-refractivity contribution is 5.76. The molecule has 0 aliphatic carbocycles. The van der Waals surface area contributed by atoms with Crippen LogP contribution in [0.5, 0.6) is 0 Å². The molecule has 1 aromatic rings. The Labute approximate surface area is 109 Å². The van der Waals surface area contributed by atoms with Crippen molar-refractivity contribution in [2.24, 2.45) is 0 Å². The maximum absolute atomic E-state index is 11.7. The summed E-state index contributed by atoms with van der Waals surface area (Å²) in [7, 11) is 0. The number of amides is 1. The molecule has 1 heterocycles. The summed E-state index contributed by atoms with van der Waals surface area (Å²) in [4.78, 5) is 16.2. The molecule has 1 saturated heterocycles. The molecule has 1 fully saturated rings. The van der Waals surface area contributed by atoms with Gasteiger partial charge in [-0.25, -0.2) is 0 Å². The van der Waals surface area contributed by atoms with Gasteiger partial charge in [0.25, 0.3) is 0 Å². The molecular formula is C15H22N2O. The SMILES string of the molecule is CCC(=O)N1CCN(Cc2ccccc2)C[C@H]1C. The van der Waals surface area contributed by atoms with Crippen molar-refractivity contribution in [1.29, 1.82) is 0 Å². The van der Waals surface area contributed by atoms with Crippen LogP contribution in [-0.4, -0.2) is 41.4 Å². The minimum atomic E-state index is 0.280. The van der Waals surface area contributed by atoms with Crippen LogP contribution in [0.1, 0.15) is 25.8 Å². The molecule has 1 aliphatic heterocycles. The molecule has 18 heavy (non-hydrogen) atoms. The predicted octanol–water partition coefficient (Wildman–Crippen LogP) is 2.13. The number of carbonyl (C=O) groups is 1. The third-order valence-electron chi connectivity index (χ3n) is 3.58. The van der Waals surface area contributed by atoms with Crippen LogP contribution in [-0.2, 0) is 11.3 Å². The number of rotatable bonds is 3. The Morgan fingerprint density at radius 3 is 2.61 bits per heavy atom. The van der Waals surface area contributed by atoms with Gasteiger partial charge in [0.1, 0.15) is 0 Å². The monoisotopic (exact) mass is 246 g/mol. The quantitative estimate of drug-likeness (QED) is 0.815. The van der Waals surface area contributed by atoms with Crippen molar-refractivity contribution in [1.82, 2.24) is 9.80 Å². The van der Waals surface area contributed by atoms with Crippen LogP contribution in [0, 0.1) is 0 Å². The first-order chi connectivity index (χ1) is 8.70. The highest BCUT2D eigenvalue weighted by atomic mass is 16.2. The van der Waals surface area contributed by atoms with E-state index in [1.54, 1.807) is 0 Å². The van der Waals surface area contributed by atoms with Gasteiger partial charge in [0.05, 0.1) is 0 Å². The number of piperazine rings is 1. The molecule has 0 radical (unpaired) electrons. The highest BCUT2D eigenvalue weighted by Gasteiger charge is 2.26. The van der Waals surface area contributed by atoms with Gasteiger partial charge < -0.3 is 4.90 Å². The van der Waals surface area contributed by atoms with Gasteiger partial charge in [-0.1, -0.05) is 37.3 Å². The molecule has 2 rings (SSSR count). The number of benzene rings is 1. The van der Waals surface area contributed by atoms with Gasteiger partial charge >= 0.3 is 0 Å². The van der Waals surface area contributed by atoms with Gasteiger partial charge in [-0.15, -0.1) is 0 Å². The lowest BCUT2D eigenvalue weighted by Gasteiger charge is -2.39. The molecule has 3 heteroatoms. The van der Waals surface area contributed by atoms with E-state index >= 15 is 0 Å². The van der Waals surface area contributed by atoms with Crippen molar-refractivity contribution in [2.75, 3.05) is 19.6 Å². The van der Waals surface area contributed by atoms with Gasteiger partial charge in [0, 0.05) is 38.6 Å². The van der Waals surface area contributed by atoms with E-state index in [1.165, 1.54) is 5.56 Å². The van der Waals surface area contributed by atoms with Crippen LogP contribution in [0.15, 0.2) is 30.3 Å². The Morgan fingerprint density at radius 2 is 2.00 bits per heavy atom. The van der Waals surface area contributed by atoms with Gasteiger partial charge in [0.2, 0.25) is 5.91 Å². The third kappa shape index (κ3) is 3.10. The molecule has 1 aliphatic rings. The molecule has 0 saturated carbocycles. The number of hydrogen-bond acceptors (Lipinski definition) is 2. The molecule has 0 bridgehead atoms. The summed E-state index contributed by atoms with van der Waals surface area (Å²) in [6.07, 6.45) is 0.614. The van der Waals surface area contributed by atoms with Crippen molar-refractivity contribution >= 4 is 5.91 Å². The number of hydrogen-bond donors (Lipinski definition) is 0. The standard InChI is InChI=1S/C15H22N2O/c1-3-15(18)17-10-9-16(11-13(17)2)12-14-7-5-4-6-8-14/h4-8,13H,3,9-12H2,1-2H3/t13-/m1/s1. The van der Waals surface area contributed by atoms with E-state index in [0.717, 1.165) is 26.2 Å². The van der Waals surface area contributed by atoms with Crippen LogP contribution in [0.2, 0.25) is 0 Å². The second-order valence-corrected chi connectivity index (χ2v) is 5.01. The van der Waals surface area contributed by atoms with Crippen LogP contribution in [0.25, 0.3) is 0 Å². The first-order valence-corrected chi connectivity index (χ1v) is 6.76. The van der Waals surface area contributed by atoms with Crippen LogP contribution >= 0.6 is 0 Å². The number of carbonyl (C=O) groups excluding carboxylic acids is 1. The maximum Gasteiger partial charge on any atom is 0.222 e. The zero-order valence-corrected chi connectivity index (χ0v) is 11.3. The summed E-state index contributed by atoms with van der Waals surface area (Å²) in [5.41, 5.74) is 1.35. The molecule has 98 valence electrons. The maximum atomic E-state index is 11.7. The largest absolute Gasteiger partial charge is 0.337 e. The zero-order chi connectivity index (χ0) is 13.0. The van der Waals surface area contributed by atoms with E-state index in [9.17, 15) is 4.79 Å². The van der Waals surface area contributed by atoms with Gasteiger partial charge in [0.15, 0.2) is 0 Å². The van der Waals surface area contributed by atoms with Gasteiger partial charge in [-0.2, -0.15) is 0 Å². The zero-order valence-electron chi connectivity index (χ0n) is 11.3. The topological polar surface area (TPSA) is 23.6 Å². The fraction of sp³-hybridized carbons (Fsp3) is 0.533. The van der Waals surface area contributed by atoms with Crippen LogP contribution in [0.4, 0.5) is 0 Å². The van der Waals surface area contributed by atoms with Crippen molar-refractivity contribution in [2.45, 2.75) is 32.9 Å². The van der Waals surface area contributed by atoms with E-state index in [2.05, 4.69) is 36.1 Å². The molecule has 0 N–H and O–H groups in total. The third-order valence-corrected chi connectivity index (χ3v) is 3.58. The minimum Gasteiger partial charge on any atom is -0.337 e. The lowest BCUT2D eigenvalue weighted by molar-refractivity contribution is -0.135. The summed E-state index contributed by atoms with van der Waals surface area (Å²) < 4.78 is 0. The predicted molar refractivity (Wildman–Crippen MR) is 73.2 cm³/mol. The normalized spacial score (nSPS) is 21.0. The molecule has 1 atom stereocenters. The van der Waals surface area contributed by atoms with E-state index in [1.807, 2.05) is 17.9 Å². The molecular weight excluding hydrogens is 224 g/mol. The highest BCUT2D eigenvalue weighted by Crippen LogP contribution is 2.13. The summed E-state index contributed by atoms with van der Waals surface area (Å²) in [6.45, 7) is 7.88. The Bertz CT molecular complexity index is 391. The second kappa shape index (κ2) is 6.01. The van der Waals surface area contributed by atoms with E-state index in [-0.39, 0.29) is 5.91 Å². The van der Waals surface area contributed by atoms with Crippen molar-refractivity contribution in [3.05, 3.63) is 35.9 Å². The first kappa shape index (κ1) is 13.1. The molecule has 0 spiro atoms. The Morgan fingerprint density at radius 1 is 1.28 bits per heavy atom. The Kier molecular flexibility index (Phi) is 4.37. The van der Waals surface area contributed by atoms with Crippen molar-refractivity contribution in [3.63, 3.8) is 0 Å². The Hall–Kier alpha value is -1.35. The van der Waals surface area contributed by atoms with Gasteiger partial charge in [-0.3, -0.25) is 9.69 Å². The smallest absolute Gasteiger partial charge is 0.222 e. The summed E-state index contributed by atoms with van der Waals surface area (Å²) in [6, 6.07) is 10.9. The fourth-order valence-electron chi connectivity index (χ4n) is 2.59. The summed E-state index contributed by atoms with van der Waals surface area (Å²) >= 11 is 0. The van der Waals surface area contributed by atoms with Gasteiger partial charge in [-0.05, 0) is 12.5 Å². The average Bonchev–Trinajstić information content (AvgIpc) is 2.39. The fourth-order valence-corrected chi connectivity index (χ4v) is 2.59. The number of nitrogens with zero attached hydrogens (tertiary/aromatic N) is 2. The van der Waals surface area contributed by atoms with E-state index in [0.29, 0.717) is 12.5 Å². The average molecular weight is 246 g/mol. The Balaban J connectivity index is 1.90. The van der Waals surface area contributed by atoms with Crippen molar-refractivity contribution < 1.29 is 4.79 Å². The molecule has 1 amide bonds. The van der Waals surface area contributed by atoms with E-state index in [4.69, 9.17) is 0 Å². The minimum absolute atomic E-state index is 0.280. The lowest BCUT2D eigenvalue weighted by Crippen LogP contribution is -2.53.